The van der Waals surface area contributed by atoms with Gasteiger partial charge in [-0.05, 0) is 73.9 Å². The van der Waals surface area contributed by atoms with Crippen molar-refractivity contribution in [1.29, 1.82) is 0 Å². The molecule has 3 rings (SSSR count). The summed E-state index contributed by atoms with van der Waals surface area (Å²) in [4.78, 5) is 0. The van der Waals surface area contributed by atoms with E-state index >= 15 is 0 Å². The van der Waals surface area contributed by atoms with Crippen molar-refractivity contribution in [3.8, 4) is 0 Å². The summed E-state index contributed by atoms with van der Waals surface area (Å²) < 4.78 is 0. The van der Waals surface area contributed by atoms with E-state index in [0.717, 1.165) is 0 Å². The van der Waals surface area contributed by atoms with Gasteiger partial charge in [0, 0.05) is 6.04 Å². The molecule has 1 aliphatic rings. The Balaban J connectivity index is 1.86. The van der Waals surface area contributed by atoms with Gasteiger partial charge in [0.05, 0.1) is 0 Å². The summed E-state index contributed by atoms with van der Waals surface area (Å²) in [5.74, 6) is 0.687. The normalized spacial score (nSPS) is 19.1. The molecule has 0 aromatic heterocycles. The van der Waals surface area contributed by atoms with Crippen LogP contribution in [0.4, 0.5) is 0 Å². The van der Waals surface area contributed by atoms with E-state index in [1.165, 1.54) is 41.5 Å². The van der Waals surface area contributed by atoms with Crippen LogP contribution in [0, 0.1) is 19.8 Å². The fourth-order valence-corrected chi connectivity index (χ4v) is 3.64. The lowest BCUT2D eigenvalue weighted by Crippen LogP contribution is -2.29. The fourth-order valence-electron chi connectivity index (χ4n) is 3.64. The van der Waals surface area contributed by atoms with Crippen molar-refractivity contribution >= 4 is 0 Å². The Hall–Kier alpha value is -1.60. The molecule has 2 unspecified atom stereocenters. The second-order valence-electron chi connectivity index (χ2n) is 6.38. The van der Waals surface area contributed by atoms with Crippen LogP contribution in [0.15, 0.2) is 42.5 Å². The molecule has 1 heteroatoms. The quantitative estimate of drug-likeness (QED) is 0.879. The first-order valence-corrected chi connectivity index (χ1v) is 8.00. The van der Waals surface area contributed by atoms with Crippen molar-refractivity contribution in [2.75, 3.05) is 7.05 Å². The Labute approximate surface area is 128 Å². The number of hydrogen-bond donors (Lipinski definition) is 1. The van der Waals surface area contributed by atoms with Crippen molar-refractivity contribution < 1.29 is 0 Å². The molecule has 1 aliphatic carbocycles. The molecule has 0 aliphatic heterocycles. The zero-order valence-corrected chi connectivity index (χ0v) is 13.3. The number of nitrogens with one attached hydrogen (secondary N) is 1. The van der Waals surface area contributed by atoms with E-state index in [-0.39, 0.29) is 0 Å². The Kier molecular flexibility index (Phi) is 4.12. The Morgan fingerprint density at radius 3 is 2.48 bits per heavy atom. The van der Waals surface area contributed by atoms with Crippen molar-refractivity contribution in [3.63, 3.8) is 0 Å². The minimum absolute atomic E-state index is 0.456. The molecule has 21 heavy (non-hydrogen) atoms. The average Bonchev–Trinajstić information content (AvgIpc) is 2.51. The van der Waals surface area contributed by atoms with E-state index in [2.05, 4.69) is 68.7 Å². The van der Waals surface area contributed by atoms with Gasteiger partial charge in [0.1, 0.15) is 0 Å². The smallest absolute Gasteiger partial charge is 0.0349 e. The summed E-state index contributed by atoms with van der Waals surface area (Å²) in [7, 11) is 2.10. The van der Waals surface area contributed by atoms with Gasteiger partial charge in [-0.2, -0.15) is 0 Å². The summed E-state index contributed by atoms with van der Waals surface area (Å²) in [6, 6.07) is 16.3. The molecule has 0 bridgehead atoms. The Morgan fingerprint density at radius 2 is 1.76 bits per heavy atom. The molecule has 0 spiro atoms. The number of hydrogen-bond acceptors (Lipinski definition) is 1. The molecule has 1 N–H and O–H groups in total. The van der Waals surface area contributed by atoms with Crippen molar-refractivity contribution in [2.24, 2.45) is 5.92 Å². The maximum atomic E-state index is 3.57. The highest BCUT2D eigenvalue weighted by molar-refractivity contribution is 5.34. The lowest BCUT2D eigenvalue weighted by Gasteiger charge is -2.32. The van der Waals surface area contributed by atoms with E-state index in [1.54, 1.807) is 5.56 Å². The van der Waals surface area contributed by atoms with Crippen LogP contribution in [-0.2, 0) is 12.8 Å². The van der Waals surface area contributed by atoms with Gasteiger partial charge in [-0.15, -0.1) is 0 Å². The summed E-state index contributed by atoms with van der Waals surface area (Å²) in [5.41, 5.74) is 7.29. The number of aryl methyl sites for hydroxylation is 3. The maximum absolute atomic E-state index is 3.57. The van der Waals surface area contributed by atoms with Crippen LogP contribution in [0.1, 0.15) is 40.3 Å². The van der Waals surface area contributed by atoms with E-state index < -0.39 is 0 Å². The molecule has 2 atom stereocenters. The molecule has 0 saturated heterocycles. The van der Waals surface area contributed by atoms with Gasteiger partial charge < -0.3 is 5.32 Å². The molecular formula is C20H25N. The third-order valence-electron chi connectivity index (χ3n) is 5.06. The minimum Gasteiger partial charge on any atom is -0.313 e. The first-order valence-electron chi connectivity index (χ1n) is 8.00. The highest BCUT2D eigenvalue weighted by Gasteiger charge is 2.26. The summed E-state index contributed by atoms with van der Waals surface area (Å²) in [6.07, 6.45) is 3.67. The standard InChI is InChI=1S/C20H25N/c1-14-8-9-18(12-15(14)2)20(21-3)19-11-10-16-6-4-5-7-17(16)13-19/h4-9,12,19-21H,10-11,13H2,1-3H3. The van der Waals surface area contributed by atoms with Crippen molar-refractivity contribution in [1.82, 2.24) is 5.32 Å². The Bertz CT molecular complexity index is 629. The van der Waals surface area contributed by atoms with Crippen LogP contribution in [0.3, 0.4) is 0 Å². The van der Waals surface area contributed by atoms with Gasteiger partial charge in [-0.25, -0.2) is 0 Å². The van der Waals surface area contributed by atoms with Gasteiger partial charge in [0.15, 0.2) is 0 Å². The van der Waals surface area contributed by atoms with E-state index in [4.69, 9.17) is 0 Å². The lowest BCUT2D eigenvalue weighted by molar-refractivity contribution is 0.342. The summed E-state index contributed by atoms with van der Waals surface area (Å²) in [6.45, 7) is 4.39. The average molecular weight is 279 g/mol. The van der Waals surface area contributed by atoms with Crippen LogP contribution in [0.25, 0.3) is 0 Å². The van der Waals surface area contributed by atoms with Gasteiger partial charge in [0.25, 0.3) is 0 Å². The molecule has 0 heterocycles. The van der Waals surface area contributed by atoms with E-state index in [0.29, 0.717) is 12.0 Å². The molecule has 2 aromatic rings. The van der Waals surface area contributed by atoms with Crippen molar-refractivity contribution in [2.45, 2.75) is 39.2 Å². The third kappa shape index (κ3) is 2.89. The topological polar surface area (TPSA) is 12.0 Å². The summed E-state index contributed by atoms with van der Waals surface area (Å²) >= 11 is 0. The zero-order chi connectivity index (χ0) is 14.8. The first kappa shape index (κ1) is 14.3. The van der Waals surface area contributed by atoms with Gasteiger partial charge in [-0.1, -0.05) is 42.5 Å². The van der Waals surface area contributed by atoms with Crippen LogP contribution < -0.4 is 5.32 Å². The zero-order valence-electron chi connectivity index (χ0n) is 13.3. The highest BCUT2D eigenvalue weighted by atomic mass is 14.9. The molecule has 110 valence electrons. The maximum Gasteiger partial charge on any atom is 0.0349 e. The van der Waals surface area contributed by atoms with Gasteiger partial charge in [0.2, 0.25) is 0 Å². The van der Waals surface area contributed by atoms with Crippen LogP contribution in [0.5, 0.6) is 0 Å². The lowest BCUT2D eigenvalue weighted by atomic mass is 9.78. The van der Waals surface area contributed by atoms with Gasteiger partial charge >= 0.3 is 0 Å². The predicted molar refractivity (Wildman–Crippen MR) is 89.7 cm³/mol. The number of rotatable bonds is 3. The predicted octanol–water partition coefficient (Wildman–Crippen LogP) is 4.37. The molecule has 0 amide bonds. The molecule has 0 fully saturated rings. The minimum atomic E-state index is 0.456. The molecule has 2 aromatic carbocycles. The van der Waals surface area contributed by atoms with E-state index in [9.17, 15) is 0 Å². The second-order valence-corrected chi connectivity index (χ2v) is 6.38. The fraction of sp³-hybridized carbons (Fsp3) is 0.400. The molecule has 0 radical (unpaired) electrons. The molecular weight excluding hydrogens is 254 g/mol. The number of benzene rings is 2. The van der Waals surface area contributed by atoms with E-state index in [1.807, 2.05) is 0 Å². The SMILES string of the molecule is CNC(c1ccc(C)c(C)c1)C1CCc2ccccc2C1. The molecule has 1 nitrogen and oxygen atoms in total. The summed E-state index contributed by atoms with van der Waals surface area (Å²) in [5, 5.41) is 3.57. The number of fused-ring (bicyclic) bond motifs is 1. The van der Waals surface area contributed by atoms with Crippen molar-refractivity contribution in [3.05, 3.63) is 70.3 Å². The monoisotopic (exact) mass is 279 g/mol. The molecule has 0 saturated carbocycles. The van der Waals surface area contributed by atoms with Gasteiger partial charge in [-0.3, -0.25) is 0 Å². The van der Waals surface area contributed by atoms with Crippen LogP contribution in [0.2, 0.25) is 0 Å². The van der Waals surface area contributed by atoms with Crippen LogP contribution in [-0.4, -0.2) is 7.05 Å². The highest BCUT2D eigenvalue weighted by Crippen LogP contribution is 2.34. The second kappa shape index (κ2) is 6.03. The Morgan fingerprint density at radius 1 is 1.00 bits per heavy atom. The largest absolute Gasteiger partial charge is 0.313 e. The first-order chi connectivity index (χ1) is 10.2. The van der Waals surface area contributed by atoms with Crippen LogP contribution >= 0.6 is 0 Å². The third-order valence-corrected chi connectivity index (χ3v) is 5.06.